The van der Waals surface area contributed by atoms with Crippen molar-refractivity contribution in [1.82, 2.24) is 15.1 Å². The first-order valence-electron chi connectivity index (χ1n) is 10.4. The van der Waals surface area contributed by atoms with Gasteiger partial charge in [-0.15, -0.1) is 11.3 Å². The molecule has 0 aliphatic carbocycles. The highest BCUT2D eigenvalue weighted by atomic mass is 35.5. The van der Waals surface area contributed by atoms with Crippen LogP contribution in [0.15, 0.2) is 52.4 Å². The quantitative estimate of drug-likeness (QED) is 0.329. The molecule has 7 nitrogen and oxygen atoms in total. The fourth-order valence-corrected chi connectivity index (χ4v) is 3.94. The average molecular weight is 483 g/mol. The maximum Gasteiger partial charge on any atom is 0.260 e. The number of carbonyl (C=O) groups is 1. The van der Waals surface area contributed by atoms with Gasteiger partial charge in [-0.05, 0) is 42.8 Å². The van der Waals surface area contributed by atoms with Gasteiger partial charge in [0.05, 0.1) is 23.4 Å². The predicted octanol–water partition coefficient (Wildman–Crippen LogP) is 6.04. The summed E-state index contributed by atoms with van der Waals surface area (Å²) in [7, 11) is 0. The topological polar surface area (TPSA) is 90.1 Å². The summed E-state index contributed by atoms with van der Waals surface area (Å²) in [6, 6.07) is 12.8. The van der Waals surface area contributed by atoms with Gasteiger partial charge in [0.15, 0.2) is 5.82 Å². The number of anilines is 1. The molecular formula is C24H23ClN4O3S. The van der Waals surface area contributed by atoms with E-state index in [1.807, 2.05) is 44.4 Å². The van der Waals surface area contributed by atoms with Gasteiger partial charge in [0.25, 0.3) is 5.89 Å². The van der Waals surface area contributed by atoms with Crippen molar-refractivity contribution >= 4 is 34.5 Å². The lowest BCUT2D eigenvalue weighted by atomic mass is 10.1. The lowest BCUT2D eigenvalue weighted by Gasteiger charge is -2.11. The summed E-state index contributed by atoms with van der Waals surface area (Å²) in [6.07, 6.45) is 0.145. The number of halogens is 1. The van der Waals surface area contributed by atoms with Gasteiger partial charge in [-0.2, -0.15) is 4.98 Å². The second kappa shape index (κ2) is 10.1. The Morgan fingerprint density at radius 3 is 2.70 bits per heavy atom. The van der Waals surface area contributed by atoms with E-state index in [-0.39, 0.29) is 18.2 Å². The Morgan fingerprint density at radius 2 is 1.97 bits per heavy atom. The number of benzene rings is 2. The molecule has 1 amide bonds. The van der Waals surface area contributed by atoms with E-state index in [0.717, 1.165) is 10.6 Å². The van der Waals surface area contributed by atoms with Crippen LogP contribution in [0, 0.1) is 6.92 Å². The summed E-state index contributed by atoms with van der Waals surface area (Å²) in [5.41, 5.74) is 2.93. The van der Waals surface area contributed by atoms with Gasteiger partial charge >= 0.3 is 0 Å². The Morgan fingerprint density at radius 1 is 1.18 bits per heavy atom. The number of nitrogens with zero attached hydrogens (tertiary/aromatic N) is 3. The molecule has 2 heterocycles. The van der Waals surface area contributed by atoms with Crippen LogP contribution in [-0.4, -0.2) is 21.0 Å². The van der Waals surface area contributed by atoms with Crippen LogP contribution in [0.25, 0.3) is 11.5 Å². The van der Waals surface area contributed by atoms with Crippen molar-refractivity contribution in [2.24, 2.45) is 0 Å². The minimum Gasteiger partial charge on any atom is -0.486 e. The maximum atomic E-state index is 12.8. The van der Waals surface area contributed by atoms with Crippen molar-refractivity contribution in [3.63, 3.8) is 0 Å². The Bertz CT molecular complexity index is 1250. The fourth-order valence-electron chi connectivity index (χ4n) is 3.11. The zero-order valence-electron chi connectivity index (χ0n) is 18.5. The summed E-state index contributed by atoms with van der Waals surface area (Å²) in [5.74, 6) is 1.69. The molecule has 0 unspecified atom stereocenters. The van der Waals surface area contributed by atoms with Crippen LogP contribution < -0.4 is 10.1 Å². The van der Waals surface area contributed by atoms with Crippen LogP contribution >= 0.6 is 22.9 Å². The molecule has 0 aliphatic heterocycles. The first kappa shape index (κ1) is 22.9. The zero-order valence-corrected chi connectivity index (χ0v) is 20.0. The molecule has 0 saturated heterocycles. The molecule has 170 valence electrons. The van der Waals surface area contributed by atoms with Crippen molar-refractivity contribution in [3.8, 4) is 17.2 Å². The number of nitrogens with one attached hydrogen (secondary N) is 1. The zero-order chi connectivity index (χ0) is 23.4. The number of aromatic nitrogens is 3. The molecule has 0 spiro atoms. The van der Waals surface area contributed by atoms with Crippen molar-refractivity contribution in [3.05, 3.63) is 75.0 Å². The third kappa shape index (κ3) is 5.77. The van der Waals surface area contributed by atoms with E-state index in [9.17, 15) is 4.79 Å². The van der Waals surface area contributed by atoms with Gasteiger partial charge in [-0.25, -0.2) is 4.98 Å². The van der Waals surface area contributed by atoms with Gasteiger partial charge < -0.3 is 14.6 Å². The van der Waals surface area contributed by atoms with E-state index in [1.54, 1.807) is 24.3 Å². The number of hydrogen-bond donors (Lipinski definition) is 1. The van der Waals surface area contributed by atoms with E-state index in [2.05, 4.69) is 20.4 Å². The molecule has 0 bridgehead atoms. The normalized spacial score (nSPS) is 11.1. The number of aryl methyl sites for hydroxylation is 1. The van der Waals surface area contributed by atoms with E-state index >= 15 is 0 Å². The van der Waals surface area contributed by atoms with Gasteiger partial charge in [0.2, 0.25) is 5.91 Å². The molecule has 2 aromatic heterocycles. The Kier molecular flexibility index (Phi) is 7.05. The highest BCUT2D eigenvalue weighted by Gasteiger charge is 2.18. The Labute approximate surface area is 200 Å². The highest BCUT2D eigenvalue weighted by Crippen LogP contribution is 2.30. The lowest BCUT2D eigenvalue weighted by molar-refractivity contribution is -0.115. The first-order chi connectivity index (χ1) is 15.9. The third-order valence-electron chi connectivity index (χ3n) is 4.84. The number of carbonyl (C=O) groups excluding carboxylic acids is 1. The molecule has 1 N–H and O–H groups in total. The van der Waals surface area contributed by atoms with Gasteiger partial charge in [-0.1, -0.05) is 42.7 Å². The van der Waals surface area contributed by atoms with Crippen LogP contribution in [-0.2, 0) is 17.8 Å². The smallest absolute Gasteiger partial charge is 0.260 e. The second-order valence-corrected chi connectivity index (χ2v) is 9.19. The monoisotopic (exact) mass is 482 g/mol. The van der Waals surface area contributed by atoms with Crippen LogP contribution in [0.5, 0.6) is 5.75 Å². The number of hydrogen-bond acceptors (Lipinski definition) is 7. The number of rotatable bonds is 8. The summed E-state index contributed by atoms with van der Waals surface area (Å²) in [6.45, 7) is 6.24. The molecule has 2 aromatic carbocycles. The molecule has 0 saturated carbocycles. The third-order valence-corrected chi connectivity index (χ3v) is 5.97. The SMILES string of the molecule is Cc1cccc(-c2nc(C(C)C)no2)c1NC(=O)Cc1csc(COc2ccc(Cl)cc2)n1. The van der Waals surface area contributed by atoms with Crippen LogP contribution in [0.2, 0.25) is 5.02 Å². The summed E-state index contributed by atoms with van der Waals surface area (Å²) in [4.78, 5) is 21.8. The van der Waals surface area contributed by atoms with Crippen LogP contribution in [0.4, 0.5) is 5.69 Å². The first-order valence-corrected chi connectivity index (χ1v) is 11.7. The lowest BCUT2D eigenvalue weighted by Crippen LogP contribution is -2.16. The van der Waals surface area contributed by atoms with Gasteiger partial charge in [-0.3, -0.25) is 4.79 Å². The molecule has 0 aliphatic rings. The molecular weight excluding hydrogens is 460 g/mol. The molecule has 4 aromatic rings. The number of amides is 1. The maximum absolute atomic E-state index is 12.8. The fraction of sp³-hybridized carbons (Fsp3) is 0.250. The van der Waals surface area contributed by atoms with E-state index < -0.39 is 0 Å². The van der Waals surface area contributed by atoms with E-state index in [4.69, 9.17) is 20.9 Å². The van der Waals surface area contributed by atoms with Gasteiger partial charge in [0, 0.05) is 16.3 Å². The molecule has 33 heavy (non-hydrogen) atoms. The molecule has 0 atom stereocenters. The van der Waals surface area contributed by atoms with Crippen molar-refractivity contribution < 1.29 is 14.1 Å². The summed E-state index contributed by atoms with van der Waals surface area (Å²) < 4.78 is 11.2. The molecule has 0 fully saturated rings. The minimum absolute atomic E-state index is 0.145. The summed E-state index contributed by atoms with van der Waals surface area (Å²) in [5, 5.41) is 10.3. The average Bonchev–Trinajstić information content (AvgIpc) is 3.45. The number of para-hydroxylation sites is 1. The van der Waals surface area contributed by atoms with Gasteiger partial charge in [0.1, 0.15) is 17.4 Å². The van der Waals surface area contributed by atoms with E-state index in [0.29, 0.717) is 46.0 Å². The van der Waals surface area contributed by atoms with Crippen LogP contribution in [0.3, 0.4) is 0 Å². The Balaban J connectivity index is 1.41. The molecule has 0 radical (unpaired) electrons. The standard InChI is InChI=1S/C24H23ClN4O3S/c1-14(2)23-28-24(32-29-23)19-6-4-5-15(3)22(19)27-20(30)11-17-13-33-21(26-17)12-31-18-9-7-16(25)8-10-18/h4-10,13-14H,11-12H2,1-3H3,(H,27,30). The second-order valence-electron chi connectivity index (χ2n) is 7.81. The molecule has 4 rings (SSSR count). The number of thiazole rings is 1. The van der Waals surface area contributed by atoms with E-state index in [1.165, 1.54) is 11.3 Å². The minimum atomic E-state index is -0.176. The Hall–Kier alpha value is -3.23. The van der Waals surface area contributed by atoms with Crippen LogP contribution in [0.1, 0.15) is 41.9 Å². The number of ether oxygens (including phenoxy) is 1. The van der Waals surface area contributed by atoms with Crippen molar-refractivity contribution in [1.29, 1.82) is 0 Å². The molecule has 9 heteroatoms. The van der Waals surface area contributed by atoms with Crippen molar-refractivity contribution in [2.75, 3.05) is 5.32 Å². The highest BCUT2D eigenvalue weighted by molar-refractivity contribution is 7.09. The summed E-state index contributed by atoms with van der Waals surface area (Å²) >= 11 is 7.34. The predicted molar refractivity (Wildman–Crippen MR) is 129 cm³/mol. The van der Waals surface area contributed by atoms with Crippen molar-refractivity contribution in [2.45, 2.75) is 39.7 Å². The largest absolute Gasteiger partial charge is 0.486 e.